The predicted molar refractivity (Wildman–Crippen MR) is 106 cm³/mol. The summed E-state index contributed by atoms with van der Waals surface area (Å²) in [4.78, 5) is 14.7. The van der Waals surface area contributed by atoms with Gasteiger partial charge in [0.15, 0.2) is 6.10 Å². The fraction of sp³-hybridized carbons (Fsp3) is 0.381. The average molecular weight is 373 g/mol. The van der Waals surface area contributed by atoms with Crippen LogP contribution in [0.5, 0.6) is 5.75 Å². The van der Waals surface area contributed by atoms with E-state index in [2.05, 4.69) is 34.5 Å². The third-order valence-corrected chi connectivity index (χ3v) is 5.04. The van der Waals surface area contributed by atoms with E-state index in [0.29, 0.717) is 23.2 Å². The minimum atomic E-state index is -0.582. The highest BCUT2D eigenvalue weighted by molar-refractivity contribution is 6.32. The van der Waals surface area contributed by atoms with Gasteiger partial charge >= 0.3 is 0 Å². The molecule has 0 unspecified atom stereocenters. The molecule has 1 saturated heterocycles. The van der Waals surface area contributed by atoms with Crippen molar-refractivity contribution in [2.24, 2.45) is 5.92 Å². The Bertz CT molecular complexity index is 751. The van der Waals surface area contributed by atoms with E-state index in [4.69, 9.17) is 16.3 Å². The minimum Gasteiger partial charge on any atom is -0.479 e. The van der Waals surface area contributed by atoms with E-state index in [1.54, 1.807) is 13.0 Å². The normalized spacial score (nSPS) is 17.8. The van der Waals surface area contributed by atoms with E-state index in [0.717, 1.165) is 25.1 Å². The first-order chi connectivity index (χ1) is 12.5. The van der Waals surface area contributed by atoms with Crippen LogP contribution in [0.1, 0.15) is 18.9 Å². The van der Waals surface area contributed by atoms with E-state index in [-0.39, 0.29) is 5.91 Å². The molecule has 0 bridgehead atoms. The Morgan fingerprint density at radius 3 is 2.85 bits per heavy atom. The number of nitrogens with zero attached hydrogens (tertiary/aromatic N) is 1. The molecule has 2 atom stereocenters. The summed E-state index contributed by atoms with van der Waals surface area (Å²) in [6.07, 6.45) is 0.495. The van der Waals surface area contributed by atoms with Gasteiger partial charge in [-0.15, -0.1) is 0 Å². The second kappa shape index (κ2) is 8.45. The summed E-state index contributed by atoms with van der Waals surface area (Å²) in [7, 11) is 0. The van der Waals surface area contributed by atoms with E-state index in [1.165, 1.54) is 5.69 Å². The molecule has 0 aliphatic carbocycles. The van der Waals surface area contributed by atoms with Gasteiger partial charge in [-0.05, 0) is 56.0 Å². The van der Waals surface area contributed by atoms with Gasteiger partial charge in [0.25, 0.3) is 5.91 Å². The summed E-state index contributed by atoms with van der Waals surface area (Å²) in [5.41, 5.74) is 2.29. The molecule has 4 nitrogen and oxygen atoms in total. The van der Waals surface area contributed by atoms with Gasteiger partial charge in [0.2, 0.25) is 0 Å². The fourth-order valence-corrected chi connectivity index (χ4v) is 3.37. The summed E-state index contributed by atoms with van der Waals surface area (Å²) < 4.78 is 5.74. The number of benzene rings is 2. The zero-order chi connectivity index (χ0) is 18.5. The van der Waals surface area contributed by atoms with Gasteiger partial charge in [-0.2, -0.15) is 0 Å². The smallest absolute Gasteiger partial charge is 0.260 e. The Balaban J connectivity index is 1.47. The van der Waals surface area contributed by atoms with Crippen LogP contribution in [0.4, 0.5) is 5.69 Å². The molecule has 138 valence electrons. The second-order valence-electron chi connectivity index (χ2n) is 6.88. The van der Waals surface area contributed by atoms with Crippen LogP contribution < -0.4 is 15.0 Å². The number of hydrogen-bond acceptors (Lipinski definition) is 3. The number of carbonyl (C=O) groups is 1. The van der Waals surface area contributed by atoms with Crippen LogP contribution in [-0.2, 0) is 4.79 Å². The molecule has 2 aromatic rings. The summed E-state index contributed by atoms with van der Waals surface area (Å²) in [5.74, 6) is 0.889. The molecule has 0 saturated carbocycles. The molecule has 1 fully saturated rings. The van der Waals surface area contributed by atoms with Gasteiger partial charge < -0.3 is 15.0 Å². The topological polar surface area (TPSA) is 41.6 Å². The molecule has 1 aliphatic heterocycles. The van der Waals surface area contributed by atoms with E-state index < -0.39 is 6.10 Å². The summed E-state index contributed by atoms with van der Waals surface area (Å²) in [6.45, 7) is 6.36. The number of ether oxygens (including phenoxy) is 1. The number of rotatable bonds is 6. The highest BCUT2D eigenvalue weighted by atomic mass is 35.5. The monoisotopic (exact) mass is 372 g/mol. The van der Waals surface area contributed by atoms with Crippen LogP contribution >= 0.6 is 11.6 Å². The lowest BCUT2D eigenvalue weighted by atomic mass is 10.1. The van der Waals surface area contributed by atoms with Crippen molar-refractivity contribution in [3.8, 4) is 5.75 Å². The maximum absolute atomic E-state index is 12.4. The van der Waals surface area contributed by atoms with Crippen LogP contribution in [0.2, 0.25) is 5.02 Å². The van der Waals surface area contributed by atoms with Gasteiger partial charge in [0.05, 0.1) is 5.02 Å². The lowest BCUT2D eigenvalue weighted by Gasteiger charge is -2.20. The molecular formula is C21H25ClN2O2. The Kier molecular flexibility index (Phi) is 6.04. The lowest BCUT2D eigenvalue weighted by molar-refractivity contribution is -0.127. The molecular weight excluding hydrogens is 348 g/mol. The van der Waals surface area contributed by atoms with Gasteiger partial charge in [0.1, 0.15) is 5.75 Å². The number of amides is 1. The molecule has 2 aromatic carbocycles. The van der Waals surface area contributed by atoms with Crippen molar-refractivity contribution in [1.82, 2.24) is 5.32 Å². The number of aryl methyl sites for hydroxylation is 1. The third-order valence-electron chi connectivity index (χ3n) is 4.73. The van der Waals surface area contributed by atoms with Crippen LogP contribution in [-0.4, -0.2) is 31.6 Å². The Morgan fingerprint density at radius 1 is 1.31 bits per heavy atom. The molecule has 1 heterocycles. The molecule has 5 heteroatoms. The lowest BCUT2D eigenvalue weighted by Crippen LogP contribution is -2.39. The summed E-state index contributed by atoms with van der Waals surface area (Å²) in [6, 6.07) is 15.9. The van der Waals surface area contributed by atoms with Crippen molar-refractivity contribution in [2.45, 2.75) is 26.4 Å². The predicted octanol–water partition coefficient (Wildman–Crippen LogP) is 4.06. The first kappa shape index (κ1) is 18.6. The molecule has 1 N–H and O–H groups in total. The first-order valence-corrected chi connectivity index (χ1v) is 9.41. The van der Waals surface area contributed by atoms with E-state index in [9.17, 15) is 4.79 Å². The van der Waals surface area contributed by atoms with Crippen molar-refractivity contribution in [3.63, 3.8) is 0 Å². The van der Waals surface area contributed by atoms with Crippen molar-refractivity contribution in [2.75, 3.05) is 24.5 Å². The first-order valence-electron chi connectivity index (χ1n) is 9.03. The SMILES string of the molecule is Cc1ccc(Cl)c(O[C@@H](C)C(=O)NC[C@H]2CCN(c3ccccc3)C2)c1. The molecule has 0 radical (unpaired) electrons. The molecule has 3 rings (SSSR count). The van der Waals surface area contributed by atoms with Gasteiger partial charge in [0, 0.05) is 25.3 Å². The highest BCUT2D eigenvalue weighted by Crippen LogP contribution is 2.26. The number of carbonyl (C=O) groups excluding carboxylic acids is 1. The zero-order valence-corrected chi connectivity index (χ0v) is 16.0. The average Bonchev–Trinajstić information content (AvgIpc) is 3.12. The number of anilines is 1. The standard InChI is InChI=1S/C21H25ClN2O2/c1-15-8-9-19(22)20(12-15)26-16(2)21(25)23-13-17-10-11-24(14-17)18-6-4-3-5-7-18/h3-9,12,16-17H,10-11,13-14H2,1-2H3,(H,23,25)/t16-,17+/m0/s1. The third kappa shape index (κ3) is 4.70. The molecule has 1 amide bonds. The van der Waals surface area contributed by atoms with E-state index >= 15 is 0 Å². The molecule has 26 heavy (non-hydrogen) atoms. The maximum Gasteiger partial charge on any atom is 0.260 e. The number of para-hydroxylation sites is 1. The Morgan fingerprint density at radius 2 is 2.08 bits per heavy atom. The number of halogens is 1. The quantitative estimate of drug-likeness (QED) is 0.831. The number of hydrogen-bond donors (Lipinski definition) is 1. The summed E-state index contributed by atoms with van der Waals surface area (Å²) in [5, 5.41) is 3.54. The van der Waals surface area contributed by atoms with Gasteiger partial charge in [-0.25, -0.2) is 0 Å². The largest absolute Gasteiger partial charge is 0.479 e. The van der Waals surface area contributed by atoms with Crippen molar-refractivity contribution >= 4 is 23.2 Å². The summed E-state index contributed by atoms with van der Waals surface area (Å²) >= 11 is 6.14. The van der Waals surface area contributed by atoms with E-state index in [1.807, 2.05) is 25.1 Å². The molecule has 1 aliphatic rings. The Labute approximate surface area is 160 Å². The van der Waals surface area contributed by atoms with Crippen molar-refractivity contribution < 1.29 is 9.53 Å². The second-order valence-corrected chi connectivity index (χ2v) is 7.28. The highest BCUT2D eigenvalue weighted by Gasteiger charge is 2.24. The van der Waals surface area contributed by atoms with Crippen molar-refractivity contribution in [3.05, 3.63) is 59.1 Å². The Hall–Kier alpha value is -2.20. The van der Waals surface area contributed by atoms with Crippen LogP contribution in [0.15, 0.2) is 48.5 Å². The zero-order valence-electron chi connectivity index (χ0n) is 15.2. The van der Waals surface area contributed by atoms with Crippen molar-refractivity contribution in [1.29, 1.82) is 0 Å². The van der Waals surface area contributed by atoms with Gasteiger partial charge in [-0.1, -0.05) is 35.9 Å². The minimum absolute atomic E-state index is 0.110. The molecule has 0 spiro atoms. The van der Waals surface area contributed by atoms with Crippen LogP contribution in [0.3, 0.4) is 0 Å². The van der Waals surface area contributed by atoms with Crippen LogP contribution in [0.25, 0.3) is 0 Å². The van der Waals surface area contributed by atoms with Crippen LogP contribution in [0, 0.1) is 12.8 Å². The maximum atomic E-state index is 12.4. The number of nitrogens with one attached hydrogen (secondary N) is 1. The fourth-order valence-electron chi connectivity index (χ4n) is 3.21. The van der Waals surface area contributed by atoms with Gasteiger partial charge in [-0.3, -0.25) is 4.79 Å². The molecule has 0 aromatic heterocycles.